The number of carbonyl (C=O) groups is 1. The molecule has 0 spiro atoms. The first kappa shape index (κ1) is 21.0. The predicted octanol–water partition coefficient (Wildman–Crippen LogP) is 4.57. The van der Waals surface area contributed by atoms with Gasteiger partial charge < -0.3 is 14.8 Å². The lowest BCUT2D eigenvalue weighted by atomic mass is 10.1. The first-order valence-corrected chi connectivity index (χ1v) is 12.7. The Labute approximate surface area is 190 Å². The monoisotopic (exact) mass is 470 g/mol. The first-order valence-electron chi connectivity index (χ1n) is 10.4. The summed E-state index contributed by atoms with van der Waals surface area (Å²) in [5.74, 6) is 1.02. The SMILES string of the molecule is O=C(Nc1ccc2c(c1)OCO2)c1ccc(-c2ccc(S(=O)(=O)N3CCCCC3)s2)cc1. The van der Waals surface area contributed by atoms with E-state index in [4.69, 9.17) is 9.47 Å². The van der Waals surface area contributed by atoms with Crippen molar-refractivity contribution in [2.45, 2.75) is 23.5 Å². The lowest BCUT2D eigenvalue weighted by Gasteiger charge is -2.25. The Morgan fingerprint density at radius 3 is 2.44 bits per heavy atom. The fraction of sp³-hybridized carbons (Fsp3) is 0.261. The van der Waals surface area contributed by atoms with Crippen LogP contribution in [0, 0.1) is 0 Å². The number of hydrogen-bond acceptors (Lipinski definition) is 6. The zero-order valence-corrected chi connectivity index (χ0v) is 18.9. The third-order valence-electron chi connectivity index (χ3n) is 5.55. The Hall–Kier alpha value is -2.88. The minimum atomic E-state index is -3.44. The van der Waals surface area contributed by atoms with Gasteiger partial charge in [0.15, 0.2) is 11.5 Å². The van der Waals surface area contributed by atoms with Crippen LogP contribution in [0.2, 0.25) is 0 Å². The van der Waals surface area contributed by atoms with Crippen molar-refractivity contribution >= 4 is 33.0 Å². The van der Waals surface area contributed by atoms with Gasteiger partial charge in [-0.15, -0.1) is 11.3 Å². The molecule has 0 atom stereocenters. The zero-order chi connectivity index (χ0) is 22.1. The molecular weight excluding hydrogens is 448 g/mol. The van der Waals surface area contributed by atoms with Crippen LogP contribution < -0.4 is 14.8 Å². The van der Waals surface area contributed by atoms with Gasteiger partial charge in [0.2, 0.25) is 6.79 Å². The van der Waals surface area contributed by atoms with Gasteiger partial charge in [-0.05, 0) is 54.8 Å². The van der Waals surface area contributed by atoms with Crippen LogP contribution in [-0.4, -0.2) is 38.5 Å². The molecular formula is C23H22N2O5S2. The Morgan fingerprint density at radius 1 is 0.906 bits per heavy atom. The molecule has 0 saturated carbocycles. The first-order chi connectivity index (χ1) is 15.5. The number of hydrogen-bond donors (Lipinski definition) is 1. The highest BCUT2D eigenvalue weighted by molar-refractivity contribution is 7.91. The molecule has 1 saturated heterocycles. The second-order valence-corrected chi connectivity index (χ2v) is 10.9. The summed E-state index contributed by atoms with van der Waals surface area (Å²) >= 11 is 1.26. The summed E-state index contributed by atoms with van der Waals surface area (Å²) in [5, 5.41) is 2.85. The smallest absolute Gasteiger partial charge is 0.255 e. The number of thiophene rings is 1. The summed E-state index contributed by atoms with van der Waals surface area (Å²) in [4.78, 5) is 13.5. The van der Waals surface area contributed by atoms with Crippen LogP contribution in [0.25, 0.3) is 10.4 Å². The molecule has 32 heavy (non-hydrogen) atoms. The number of ether oxygens (including phenoxy) is 2. The number of anilines is 1. The third kappa shape index (κ3) is 4.11. The number of nitrogens with one attached hydrogen (secondary N) is 1. The molecule has 1 amide bonds. The molecule has 3 aromatic rings. The van der Waals surface area contributed by atoms with Crippen LogP contribution in [0.4, 0.5) is 5.69 Å². The van der Waals surface area contributed by atoms with Crippen molar-refractivity contribution in [2.24, 2.45) is 0 Å². The van der Waals surface area contributed by atoms with Crippen LogP contribution in [0.1, 0.15) is 29.6 Å². The van der Waals surface area contributed by atoms with E-state index in [1.54, 1.807) is 40.7 Å². The van der Waals surface area contributed by atoms with Gasteiger partial charge in [-0.3, -0.25) is 4.79 Å². The highest BCUT2D eigenvalue weighted by atomic mass is 32.2. The van der Waals surface area contributed by atoms with Crippen molar-refractivity contribution in [1.29, 1.82) is 0 Å². The minimum Gasteiger partial charge on any atom is -0.454 e. The molecule has 2 aromatic carbocycles. The van der Waals surface area contributed by atoms with E-state index in [1.807, 2.05) is 18.2 Å². The van der Waals surface area contributed by atoms with Gasteiger partial charge in [0.05, 0.1) is 0 Å². The van der Waals surface area contributed by atoms with Gasteiger partial charge in [-0.25, -0.2) is 8.42 Å². The molecule has 2 aliphatic rings. The molecule has 1 fully saturated rings. The number of piperidine rings is 1. The number of rotatable bonds is 5. The topological polar surface area (TPSA) is 84.9 Å². The second-order valence-electron chi connectivity index (χ2n) is 7.68. The van der Waals surface area contributed by atoms with Gasteiger partial charge in [-0.2, -0.15) is 4.31 Å². The quantitative estimate of drug-likeness (QED) is 0.590. The fourth-order valence-corrected chi connectivity index (χ4v) is 6.79. The molecule has 0 aliphatic carbocycles. The van der Waals surface area contributed by atoms with E-state index in [9.17, 15) is 13.2 Å². The average molecular weight is 471 g/mol. The molecule has 0 unspecified atom stereocenters. The molecule has 3 heterocycles. The molecule has 0 radical (unpaired) electrons. The van der Waals surface area contributed by atoms with Gasteiger partial charge in [0.25, 0.3) is 15.9 Å². The molecule has 1 N–H and O–H groups in total. The highest BCUT2D eigenvalue weighted by Crippen LogP contribution is 2.35. The molecule has 9 heteroatoms. The van der Waals surface area contributed by atoms with E-state index in [0.717, 1.165) is 29.7 Å². The fourth-order valence-electron chi connectivity index (χ4n) is 3.81. The van der Waals surface area contributed by atoms with Crippen molar-refractivity contribution in [2.75, 3.05) is 25.2 Å². The maximum Gasteiger partial charge on any atom is 0.255 e. The molecule has 5 rings (SSSR count). The second kappa shape index (κ2) is 8.57. The normalized spacial score (nSPS) is 16.1. The van der Waals surface area contributed by atoms with E-state index in [-0.39, 0.29) is 12.7 Å². The summed E-state index contributed by atoms with van der Waals surface area (Å²) in [5.41, 5.74) is 1.99. The third-order valence-corrected chi connectivity index (χ3v) is 9.05. The van der Waals surface area contributed by atoms with Gasteiger partial charge >= 0.3 is 0 Å². The summed E-state index contributed by atoms with van der Waals surface area (Å²) in [6, 6.07) is 15.9. The van der Waals surface area contributed by atoms with E-state index in [1.165, 1.54) is 11.3 Å². The largest absolute Gasteiger partial charge is 0.454 e. The number of benzene rings is 2. The Bertz CT molecular complexity index is 1250. The number of fused-ring (bicyclic) bond motifs is 1. The number of sulfonamides is 1. The number of carbonyl (C=O) groups excluding carboxylic acids is 1. The average Bonchev–Trinajstić information content (AvgIpc) is 3.50. The van der Waals surface area contributed by atoms with Crippen LogP contribution in [0.5, 0.6) is 11.5 Å². The van der Waals surface area contributed by atoms with Crippen molar-refractivity contribution < 1.29 is 22.7 Å². The van der Waals surface area contributed by atoms with E-state index in [2.05, 4.69) is 5.32 Å². The Kier molecular flexibility index (Phi) is 5.62. The van der Waals surface area contributed by atoms with Crippen molar-refractivity contribution in [3.63, 3.8) is 0 Å². The maximum atomic E-state index is 12.9. The van der Waals surface area contributed by atoms with Crippen LogP contribution in [0.15, 0.2) is 58.8 Å². The van der Waals surface area contributed by atoms with Gasteiger partial charge in [0, 0.05) is 35.3 Å². The standard InChI is InChI=1S/C23H22N2O5S2/c26-23(24-18-8-9-19-20(14-18)30-15-29-19)17-6-4-16(5-7-17)21-10-11-22(31-21)32(27,28)25-12-2-1-3-13-25/h4-11,14H,1-3,12-13,15H2,(H,24,26). The highest BCUT2D eigenvalue weighted by Gasteiger charge is 2.27. The summed E-state index contributed by atoms with van der Waals surface area (Å²) in [6.45, 7) is 1.35. The number of amides is 1. The number of nitrogens with zero attached hydrogens (tertiary/aromatic N) is 1. The van der Waals surface area contributed by atoms with Crippen LogP contribution in [-0.2, 0) is 10.0 Å². The lowest BCUT2D eigenvalue weighted by molar-refractivity contribution is 0.102. The summed E-state index contributed by atoms with van der Waals surface area (Å²) in [7, 11) is -3.44. The lowest BCUT2D eigenvalue weighted by Crippen LogP contribution is -2.35. The van der Waals surface area contributed by atoms with Crippen LogP contribution >= 0.6 is 11.3 Å². The van der Waals surface area contributed by atoms with Crippen molar-refractivity contribution in [1.82, 2.24) is 4.31 Å². The molecule has 2 aliphatic heterocycles. The van der Waals surface area contributed by atoms with Crippen molar-refractivity contribution in [3.05, 3.63) is 60.2 Å². The van der Waals surface area contributed by atoms with E-state index in [0.29, 0.717) is 40.0 Å². The van der Waals surface area contributed by atoms with Gasteiger partial charge in [-0.1, -0.05) is 18.6 Å². The maximum absolute atomic E-state index is 12.9. The van der Waals surface area contributed by atoms with Crippen molar-refractivity contribution in [3.8, 4) is 21.9 Å². The predicted molar refractivity (Wildman–Crippen MR) is 123 cm³/mol. The van der Waals surface area contributed by atoms with E-state index < -0.39 is 10.0 Å². The van der Waals surface area contributed by atoms with E-state index >= 15 is 0 Å². The van der Waals surface area contributed by atoms with Gasteiger partial charge in [0.1, 0.15) is 4.21 Å². The Balaban J connectivity index is 1.29. The molecule has 7 nitrogen and oxygen atoms in total. The summed E-state index contributed by atoms with van der Waals surface area (Å²) in [6.07, 6.45) is 2.90. The molecule has 1 aromatic heterocycles. The minimum absolute atomic E-state index is 0.179. The molecule has 0 bridgehead atoms. The molecule has 166 valence electrons. The summed E-state index contributed by atoms with van der Waals surface area (Å²) < 4.78 is 38.3. The Morgan fingerprint density at radius 2 is 1.66 bits per heavy atom. The van der Waals surface area contributed by atoms with Crippen LogP contribution in [0.3, 0.4) is 0 Å². The zero-order valence-electron chi connectivity index (χ0n) is 17.2.